The summed E-state index contributed by atoms with van der Waals surface area (Å²) in [6.45, 7) is 1.86. The molecule has 1 saturated carbocycles. The molecule has 2 aromatic heterocycles. The van der Waals surface area contributed by atoms with E-state index in [9.17, 15) is 9.59 Å². The maximum absolute atomic E-state index is 12.4. The highest BCUT2D eigenvalue weighted by Gasteiger charge is 2.32. The van der Waals surface area contributed by atoms with Crippen LogP contribution in [0.4, 0.5) is 0 Å². The summed E-state index contributed by atoms with van der Waals surface area (Å²) < 4.78 is 2.35. The van der Waals surface area contributed by atoms with Gasteiger partial charge in [-0.3, -0.25) is 14.6 Å². The van der Waals surface area contributed by atoms with Crippen molar-refractivity contribution in [1.82, 2.24) is 19.7 Å². The van der Waals surface area contributed by atoms with Gasteiger partial charge < -0.3 is 4.90 Å². The lowest BCUT2D eigenvalue weighted by atomic mass is 9.99. The molecule has 6 nitrogen and oxygen atoms in total. The minimum atomic E-state index is -0.0691. The largest absolute Gasteiger partial charge is 0.338 e. The number of pyridine rings is 1. The molecule has 2 aromatic rings. The fraction of sp³-hybridized carbons (Fsp3) is 0.412. The Hall–Kier alpha value is -2.02. The van der Waals surface area contributed by atoms with Crippen molar-refractivity contribution in [2.45, 2.75) is 25.3 Å². The van der Waals surface area contributed by atoms with Gasteiger partial charge in [0.05, 0.1) is 17.8 Å². The van der Waals surface area contributed by atoms with Gasteiger partial charge in [0, 0.05) is 47.9 Å². The van der Waals surface area contributed by atoms with E-state index in [1.54, 1.807) is 34.1 Å². The van der Waals surface area contributed by atoms with Crippen molar-refractivity contribution in [3.8, 4) is 0 Å². The molecule has 0 unspecified atom stereocenters. The first-order chi connectivity index (χ1) is 11.6. The van der Waals surface area contributed by atoms with Gasteiger partial charge in [-0.05, 0) is 40.9 Å². The molecular weight excluding hydrogens is 372 g/mol. The fourth-order valence-corrected chi connectivity index (χ4v) is 3.36. The van der Waals surface area contributed by atoms with Crippen LogP contribution in [0.3, 0.4) is 0 Å². The maximum Gasteiger partial charge on any atom is 0.266 e. The van der Waals surface area contributed by atoms with Gasteiger partial charge in [0.15, 0.2) is 0 Å². The summed E-state index contributed by atoms with van der Waals surface area (Å²) in [6, 6.07) is 5.22. The first kappa shape index (κ1) is 15.5. The number of aromatic nitrogens is 3. The monoisotopic (exact) mass is 388 g/mol. The summed E-state index contributed by atoms with van der Waals surface area (Å²) in [5.74, 6) is 0.779. The fourth-order valence-electron chi connectivity index (χ4n) is 3.00. The van der Waals surface area contributed by atoms with Crippen LogP contribution in [0.15, 0.2) is 39.9 Å². The van der Waals surface area contributed by atoms with Gasteiger partial charge in [0.1, 0.15) is 0 Å². The topological polar surface area (TPSA) is 68.1 Å². The lowest BCUT2D eigenvalue weighted by Crippen LogP contribution is -2.52. The minimum Gasteiger partial charge on any atom is -0.338 e. The predicted molar refractivity (Wildman–Crippen MR) is 91.8 cm³/mol. The molecule has 24 heavy (non-hydrogen) atoms. The molecule has 0 N–H and O–H groups in total. The number of hydrogen-bond acceptors (Lipinski definition) is 4. The molecule has 4 rings (SSSR count). The molecular formula is C17H17BrN4O2. The van der Waals surface area contributed by atoms with Gasteiger partial charge >= 0.3 is 0 Å². The Labute approximate surface area is 147 Å². The van der Waals surface area contributed by atoms with Crippen molar-refractivity contribution in [2.24, 2.45) is 5.92 Å². The zero-order chi connectivity index (χ0) is 16.7. The van der Waals surface area contributed by atoms with E-state index in [0.29, 0.717) is 31.1 Å². The van der Waals surface area contributed by atoms with Crippen LogP contribution in [0.1, 0.15) is 34.8 Å². The van der Waals surface area contributed by atoms with Crippen LogP contribution in [0.2, 0.25) is 0 Å². The minimum absolute atomic E-state index is 0.0212. The molecule has 0 spiro atoms. The molecule has 0 radical (unpaired) electrons. The Bertz CT molecular complexity index is 840. The van der Waals surface area contributed by atoms with Crippen LogP contribution in [-0.2, 0) is 6.54 Å². The number of rotatable bonds is 4. The molecule has 3 heterocycles. The highest BCUT2D eigenvalue weighted by atomic mass is 79.9. The van der Waals surface area contributed by atoms with Gasteiger partial charge in [-0.1, -0.05) is 0 Å². The number of amides is 1. The first-order valence-electron chi connectivity index (χ1n) is 8.08. The highest BCUT2D eigenvalue weighted by molar-refractivity contribution is 9.10. The quantitative estimate of drug-likeness (QED) is 0.803. The molecule has 2 fully saturated rings. The third kappa shape index (κ3) is 3.13. The Kier molecular flexibility index (Phi) is 3.96. The van der Waals surface area contributed by atoms with Crippen molar-refractivity contribution in [1.29, 1.82) is 0 Å². The second-order valence-electron chi connectivity index (χ2n) is 6.52. The molecule has 0 bridgehead atoms. The molecule has 7 heteroatoms. The van der Waals surface area contributed by atoms with E-state index >= 15 is 0 Å². The average Bonchev–Trinajstić information content (AvgIpc) is 3.36. The predicted octanol–water partition coefficient (Wildman–Crippen LogP) is 2.05. The first-order valence-corrected chi connectivity index (χ1v) is 8.87. The standard InChI is InChI=1S/C17H17BrN4O2/c18-14-5-13(6-19-7-14)17(24)21-8-11(9-21)10-22-16(23)4-3-15(20-22)12-1-2-12/h3-7,11-12H,1-2,8-10H2. The van der Waals surface area contributed by atoms with Crippen LogP contribution >= 0.6 is 15.9 Å². The molecule has 1 saturated heterocycles. The van der Waals surface area contributed by atoms with Crippen molar-refractivity contribution in [3.63, 3.8) is 0 Å². The molecule has 124 valence electrons. The van der Waals surface area contributed by atoms with Crippen molar-refractivity contribution in [3.05, 3.63) is 56.7 Å². The molecule has 0 aromatic carbocycles. The van der Waals surface area contributed by atoms with Gasteiger partial charge in [0.25, 0.3) is 11.5 Å². The van der Waals surface area contributed by atoms with Gasteiger partial charge in [-0.15, -0.1) is 0 Å². The van der Waals surface area contributed by atoms with Gasteiger partial charge in [0.2, 0.25) is 0 Å². The van der Waals surface area contributed by atoms with E-state index in [-0.39, 0.29) is 17.4 Å². The molecule has 1 amide bonds. The normalized spacial score (nSPS) is 17.6. The average molecular weight is 389 g/mol. The Morgan fingerprint density at radius 1 is 1.25 bits per heavy atom. The van der Waals surface area contributed by atoms with E-state index in [2.05, 4.69) is 26.0 Å². The number of carbonyl (C=O) groups excluding carboxylic acids is 1. The van der Waals surface area contributed by atoms with Crippen LogP contribution in [0, 0.1) is 5.92 Å². The second-order valence-corrected chi connectivity index (χ2v) is 7.44. The zero-order valence-corrected chi connectivity index (χ0v) is 14.6. The van der Waals surface area contributed by atoms with Crippen LogP contribution in [-0.4, -0.2) is 38.7 Å². The Morgan fingerprint density at radius 3 is 2.75 bits per heavy atom. The SMILES string of the molecule is O=C(c1cncc(Br)c1)N1CC(Cn2nc(C3CC3)ccc2=O)C1. The van der Waals surface area contributed by atoms with Crippen LogP contribution in [0.5, 0.6) is 0 Å². The molecule has 1 aliphatic carbocycles. The maximum atomic E-state index is 12.4. The van der Waals surface area contributed by atoms with E-state index in [1.165, 1.54) is 0 Å². The number of likely N-dealkylation sites (tertiary alicyclic amines) is 1. The van der Waals surface area contributed by atoms with Crippen molar-refractivity contribution >= 4 is 21.8 Å². The number of halogens is 1. The lowest BCUT2D eigenvalue weighted by Gasteiger charge is -2.39. The highest BCUT2D eigenvalue weighted by Crippen LogP contribution is 2.38. The van der Waals surface area contributed by atoms with E-state index in [4.69, 9.17) is 0 Å². The number of nitrogens with zero attached hydrogens (tertiary/aromatic N) is 4. The smallest absolute Gasteiger partial charge is 0.266 e. The summed E-state index contributed by atoms with van der Waals surface area (Å²) in [5.41, 5.74) is 1.52. The summed E-state index contributed by atoms with van der Waals surface area (Å²) in [6.07, 6.45) is 5.56. The van der Waals surface area contributed by atoms with E-state index in [0.717, 1.165) is 23.0 Å². The third-order valence-electron chi connectivity index (χ3n) is 4.51. The van der Waals surface area contributed by atoms with Crippen molar-refractivity contribution in [2.75, 3.05) is 13.1 Å². The van der Waals surface area contributed by atoms with Crippen LogP contribution < -0.4 is 5.56 Å². The van der Waals surface area contributed by atoms with Crippen molar-refractivity contribution < 1.29 is 4.79 Å². The summed E-state index contributed by atoms with van der Waals surface area (Å²) >= 11 is 3.33. The number of carbonyl (C=O) groups is 1. The summed E-state index contributed by atoms with van der Waals surface area (Å²) in [7, 11) is 0. The summed E-state index contributed by atoms with van der Waals surface area (Å²) in [4.78, 5) is 30.2. The third-order valence-corrected chi connectivity index (χ3v) is 4.94. The molecule has 2 aliphatic rings. The van der Waals surface area contributed by atoms with Gasteiger partial charge in [-0.25, -0.2) is 4.68 Å². The van der Waals surface area contributed by atoms with Gasteiger partial charge in [-0.2, -0.15) is 5.10 Å². The van der Waals surface area contributed by atoms with Crippen LogP contribution in [0.25, 0.3) is 0 Å². The molecule has 0 atom stereocenters. The van der Waals surface area contributed by atoms with E-state index in [1.807, 2.05) is 6.07 Å². The summed E-state index contributed by atoms with van der Waals surface area (Å²) in [5, 5.41) is 4.48. The lowest BCUT2D eigenvalue weighted by molar-refractivity contribution is 0.0457. The zero-order valence-electron chi connectivity index (χ0n) is 13.1. The Balaban J connectivity index is 1.39. The second kappa shape index (κ2) is 6.12. The number of hydrogen-bond donors (Lipinski definition) is 0. The van der Waals surface area contributed by atoms with E-state index < -0.39 is 0 Å². The Morgan fingerprint density at radius 2 is 2.04 bits per heavy atom. The molecule has 1 aliphatic heterocycles.